The molecule has 0 rings (SSSR count). The third-order valence-electron chi connectivity index (χ3n) is 0. The van der Waals surface area contributed by atoms with Crippen LogP contribution < -0.4 is 70.6 Å². The van der Waals surface area contributed by atoms with Gasteiger partial charge < -0.3 is 14.3 Å². The van der Waals surface area contributed by atoms with E-state index >= 15 is 0 Å². The van der Waals surface area contributed by atoms with Gasteiger partial charge in [0.2, 0.25) is 0 Å². The number of hydrogen-bond donors (Lipinski definition) is 2. The first-order valence-corrected chi connectivity index (χ1v) is 0.781. The largest absolute Gasteiger partial charge is 1.00 e. The van der Waals surface area contributed by atoms with E-state index in [0.29, 0.717) is 0 Å². The molecular formula is CH6N2Na2O. The van der Waals surface area contributed by atoms with Gasteiger partial charge in [-0.05, 0) is 0 Å². The van der Waals surface area contributed by atoms with Gasteiger partial charge in [0, 0.05) is 0 Å². The molecule has 0 unspecified atom stereocenters. The van der Waals surface area contributed by atoms with Crippen LogP contribution in [0.15, 0.2) is 0 Å². The van der Waals surface area contributed by atoms with Crippen molar-refractivity contribution in [3.05, 3.63) is 0 Å². The average Bonchev–Trinajstić information content (AvgIpc) is 0.811. The molecule has 6 heavy (non-hydrogen) atoms. The monoisotopic (exact) mass is 108 g/mol. The minimum absolute atomic E-state index is 0. The zero-order chi connectivity index (χ0) is 3.58. The number of rotatable bonds is 0. The van der Waals surface area contributed by atoms with Crippen molar-refractivity contribution >= 4 is 6.03 Å². The Kier molecular flexibility index (Phi) is 25.0. The molecule has 4 N–H and O–H groups in total. The molecule has 0 radical (unpaired) electrons. The SMILES string of the molecule is NC(N)=O.[H-].[H-].[Na+].[Na+]. The van der Waals surface area contributed by atoms with Gasteiger partial charge >= 0.3 is 65.1 Å². The van der Waals surface area contributed by atoms with Crippen LogP contribution in [0.3, 0.4) is 0 Å². The minimum atomic E-state index is -0.833. The maximum Gasteiger partial charge on any atom is 1.00 e. The molecule has 0 aliphatic heterocycles. The average molecular weight is 108 g/mol. The molecule has 0 aromatic heterocycles. The number of urea groups is 1. The Morgan fingerprint density at radius 2 is 1.33 bits per heavy atom. The number of carbonyl (C=O) groups excluding carboxylic acids is 1. The first-order valence-electron chi connectivity index (χ1n) is 0.781. The molecule has 2 amide bonds. The van der Waals surface area contributed by atoms with E-state index in [1.54, 1.807) is 0 Å². The van der Waals surface area contributed by atoms with E-state index in [1.807, 2.05) is 0 Å². The fraction of sp³-hybridized carbons (Fsp3) is 0. The van der Waals surface area contributed by atoms with Gasteiger partial charge in [0.05, 0.1) is 0 Å². The maximum atomic E-state index is 9.00. The van der Waals surface area contributed by atoms with Crippen LogP contribution in [-0.4, -0.2) is 6.03 Å². The number of carbonyl (C=O) groups is 1. The topological polar surface area (TPSA) is 69.1 Å². The molecule has 0 spiro atoms. The molecule has 0 atom stereocenters. The molecule has 28 valence electrons. The van der Waals surface area contributed by atoms with Crippen molar-refractivity contribution in [1.29, 1.82) is 0 Å². The molecule has 0 aromatic carbocycles. The summed E-state index contributed by atoms with van der Waals surface area (Å²) >= 11 is 0. The van der Waals surface area contributed by atoms with Crippen molar-refractivity contribution in [2.24, 2.45) is 11.5 Å². The molecule has 0 saturated heterocycles. The van der Waals surface area contributed by atoms with Crippen LogP contribution in [0, 0.1) is 0 Å². The molecule has 0 aliphatic carbocycles. The molecule has 5 heteroatoms. The van der Waals surface area contributed by atoms with E-state index in [4.69, 9.17) is 4.79 Å². The standard InChI is InChI=1S/CH4N2O.2Na.2H/c2-1(3)4;;;;/h(H4,2,3,4);;;;/q;2*+1;2*-1. The molecule has 3 nitrogen and oxygen atoms in total. The summed E-state index contributed by atoms with van der Waals surface area (Å²) in [7, 11) is 0. The van der Waals surface area contributed by atoms with Gasteiger partial charge in [-0.25, -0.2) is 4.79 Å². The summed E-state index contributed by atoms with van der Waals surface area (Å²) in [5, 5.41) is 0. The van der Waals surface area contributed by atoms with Crippen molar-refractivity contribution in [2.75, 3.05) is 0 Å². The molecule has 0 aliphatic rings. The Morgan fingerprint density at radius 3 is 1.33 bits per heavy atom. The quantitative estimate of drug-likeness (QED) is 0.297. The van der Waals surface area contributed by atoms with Crippen LogP contribution in [0.5, 0.6) is 0 Å². The second kappa shape index (κ2) is 9.55. The maximum absolute atomic E-state index is 9.00. The van der Waals surface area contributed by atoms with E-state index in [9.17, 15) is 0 Å². The summed E-state index contributed by atoms with van der Waals surface area (Å²) in [6, 6.07) is -0.833. The molecule has 0 fully saturated rings. The van der Waals surface area contributed by atoms with Gasteiger partial charge in [0.15, 0.2) is 0 Å². The second-order valence-electron chi connectivity index (χ2n) is 0.402. The van der Waals surface area contributed by atoms with Crippen molar-refractivity contribution in [2.45, 2.75) is 0 Å². The van der Waals surface area contributed by atoms with Crippen LogP contribution in [0.25, 0.3) is 0 Å². The van der Waals surface area contributed by atoms with Crippen molar-refractivity contribution in [3.8, 4) is 0 Å². The van der Waals surface area contributed by atoms with Gasteiger partial charge in [-0.3, -0.25) is 0 Å². The van der Waals surface area contributed by atoms with Gasteiger partial charge in [0.25, 0.3) is 0 Å². The molecular weight excluding hydrogens is 102 g/mol. The van der Waals surface area contributed by atoms with Crippen molar-refractivity contribution in [1.82, 2.24) is 0 Å². The van der Waals surface area contributed by atoms with Gasteiger partial charge in [-0.1, -0.05) is 0 Å². The van der Waals surface area contributed by atoms with E-state index in [0.717, 1.165) is 0 Å². The van der Waals surface area contributed by atoms with Crippen molar-refractivity contribution in [3.63, 3.8) is 0 Å². The van der Waals surface area contributed by atoms with Crippen molar-refractivity contribution < 1.29 is 66.8 Å². The summed E-state index contributed by atoms with van der Waals surface area (Å²) < 4.78 is 0. The van der Waals surface area contributed by atoms with Crippen LogP contribution >= 0.6 is 0 Å². The van der Waals surface area contributed by atoms with Gasteiger partial charge in [-0.15, -0.1) is 0 Å². The summed E-state index contributed by atoms with van der Waals surface area (Å²) in [5.74, 6) is 0. The van der Waals surface area contributed by atoms with Gasteiger partial charge in [-0.2, -0.15) is 0 Å². The molecule has 0 saturated carbocycles. The normalized spacial score (nSPS) is 4.00. The Morgan fingerprint density at radius 1 is 1.33 bits per heavy atom. The predicted octanol–water partition coefficient (Wildman–Crippen LogP) is -6.74. The first-order chi connectivity index (χ1) is 1.73. The molecule has 0 bridgehead atoms. The van der Waals surface area contributed by atoms with E-state index < -0.39 is 6.03 Å². The van der Waals surface area contributed by atoms with Crippen LogP contribution in [0.1, 0.15) is 2.85 Å². The number of amides is 2. The summed E-state index contributed by atoms with van der Waals surface area (Å²) in [6.07, 6.45) is 0. The van der Waals surface area contributed by atoms with Crippen LogP contribution in [-0.2, 0) is 0 Å². The predicted molar refractivity (Wildman–Crippen MR) is 16.0 cm³/mol. The summed E-state index contributed by atoms with van der Waals surface area (Å²) in [4.78, 5) is 9.00. The van der Waals surface area contributed by atoms with Gasteiger partial charge in [0.1, 0.15) is 0 Å². The summed E-state index contributed by atoms with van der Waals surface area (Å²) in [5.41, 5.74) is 8.50. The number of hydrogen-bond acceptors (Lipinski definition) is 1. The van der Waals surface area contributed by atoms with E-state index in [-0.39, 0.29) is 62.0 Å². The first kappa shape index (κ1) is 15.7. The Hall–Kier alpha value is 1.27. The smallest absolute Gasteiger partial charge is 1.00 e. The Balaban J connectivity index is -0.00000000750. The fourth-order valence-corrected chi connectivity index (χ4v) is 0. The Bertz CT molecular complexity index is 41.0. The molecule has 0 aromatic rings. The summed E-state index contributed by atoms with van der Waals surface area (Å²) in [6.45, 7) is 0. The minimum Gasteiger partial charge on any atom is -1.00 e. The second-order valence-corrected chi connectivity index (χ2v) is 0.402. The third-order valence-corrected chi connectivity index (χ3v) is 0. The zero-order valence-electron chi connectivity index (χ0n) is 6.06. The van der Waals surface area contributed by atoms with E-state index in [2.05, 4.69) is 11.5 Å². The Labute approximate surface area is 83.4 Å². The number of primary amides is 2. The molecule has 0 heterocycles. The fourth-order valence-electron chi connectivity index (χ4n) is 0. The van der Waals surface area contributed by atoms with Crippen LogP contribution in [0.2, 0.25) is 0 Å². The van der Waals surface area contributed by atoms with E-state index in [1.165, 1.54) is 0 Å². The zero-order valence-corrected chi connectivity index (χ0v) is 8.06. The third kappa shape index (κ3) is 59.6. The number of nitrogens with two attached hydrogens (primary N) is 2. The van der Waals surface area contributed by atoms with Crippen LogP contribution in [0.4, 0.5) is 4.79 Å².